The zero-order chi connectivity index (χ0) is 20.8. The summed E-state index contributed by atoms with van der Waals surface area (Å²) in [6.45, 7) is 1.16. The fourth-order valence-electron chi connectivity index (χ4n) is 3.91. The number of aryl methyl sites for hydroxylation is 1. The highest BCUT2D eigenvalue weighted by Gasteiger charge is 2.24. The van der Waals surface area contributed by atoms with Crippen LogP contribution in [0.15, 0.2) is 67.0 Å². The van der Waals surface area contributed by atoms with E-state index in [4.69, 9.17) is 14.6 Å². The van der Waals surface area contributed by atoms with Gasteiger partial charge in [-0.2, -0.15) is 0 Å². The van der Waals surface area contributed by atoms with E-state index >= 15 is 0 Å². The van der Waals surface area contributed by atoms with Crippen molar-refractivity contribution in [2.45, 2.75) is 31.6 Å². The molecule has 0 radical (unpaired) electrons. The van der Waals surface area contributed by atoms with E-state index < -0.39 is 5.97 Å². The average molecular weight is 403 g/mol. The zero-order valence-corrected chi connectivity index (χ0v) is 16.8. The Morgan fingerprint density at radius 2 is 1.77 bits per heavy atom. The number of aliphatic carboxylic acids is 1. The SMILES string of the molecule is O=C(O)C[C@@H]1CCc2cc(OCCCOc3ccc(-c4cccnc4)cc3)ccc21. The van der Waals surface area contributed by atoms with Gasteiger partial charge >= 0.3 is 5.97 Å². The van der Waals surface area contributed by atoms with Crippen molar-refractivity contribution in [3.8, 4) is 22.6 Å². The Bertz CT molecular complexity index is 986. The van der Waals surface area contributed by atoms with E-state index in [1.165, 1.54) is 5.56 Å². The molecule has 1 aliphatic carbocycles. The van der Waals surface area contributed by atoms with Crippen LogP contribution in [0.5, 0.6) is 11.5 Å². The number of fused-ring (bicyclic) bond motifs is 1. The highest BCUT2D eigenvalue weighted by Crippen LogP contribution is 2.37. The molecule has 0 unspecified atom stereocenters. The number of rotatable bonds is 9. The van der Waals surface area contributed by atoms with Crippen LogP contribution in [0.4, 0.5) is 0 Å². The molecule has 1 aromatic heterocycles. The predicted molar refractivity (Wildman–Crippen MR) is 115 cm³/mol. The predicted octanol–water partition coefficient (Wildman–Crippen LogP) is 5.10. The molecule has 0 spiro atoms. The lowest BCUT2D eigenvalue weighted by atomic mass is 9.98. The normalized spacial score (nSPS) is 14.9. The van der Waals surface area contributed by atoms with Crippen molar-refractivity contribution in [3.63, 3.8) is 0 Å². The molecule has 0 amide bonds. The minimum Gasteiger partial charge on any atom is -0.493 e. The Balaban J connectivity index is 1.21. The first-order chi connectivity index (χ1) is 14.7. The molecule has 0 fully saturated rings. The van der Waals surface area contributed by atoms with Gasteiger partial charge in [-0.3, -0.25) is 9.78 Å². The van der Waals surface area contributed by atoms with Crippen LogP contribution in [-0.2, 0) is 11.2 Å². The van der Waals surface area contributed by atoms with Gasteiger partial charge in [-0.25, -0.2) is 0 Å². The molecular formula is C25H25NO4. The van der Waals surface area contributed by atoms with E-state index in [1.54, 1.807) is 6.20 Å². The van der Waals surface area contributed by atoms with Crippen LogP contribution in [0.1, 0.15) is 36.3 Å². The molecule has 1 atom stereocenters. The van der Waals surface area contributed by atoms with Gasteiger partial charge in [-0.1, -0.05) is 24.3 Å². The molecule has 0 saturated heterocycles. The van der Waals surface area contributed by atoms with Gasteiger partial charge in [0.1, 0.15) is 11.5 Å². The maximum absolute atomic E-state index is 11.0. The lowest BCUT2D eigenvalue weighted by Crippen LogP contribution is -2.05. The third-order valence-corrected chi connectivity index (χ3v) is 5.41. The van der Waals surface area contributed by atoms with E-state index in [2.05, 4.69) is 11.1 Å². The highest BCUT2D eigenvalue weighted by atomic mass is 16.5. The molecule has 5 nitrogen and oxygen atoms in total. The van der Waals surface area contributed by atoms with Gasteiger partial charge in [0.05, 0.1) is 19.6 Å². The summed E-state index contributed by atoms with van der Waals surface area (Å²) in [5, 5.41) is 9.03. The Morgan fingerprint density at radius 3 is 2.50 bits per heavy atom. The van der Waals surface area contributed by atoms with Gasteiger partial charge in [-0.15, -0.1) is 0 Å². The largest absolute Gasteiger partial charge is 0.493 e. The maximum atomic E-state index is 11.0. The summed E-state index contributed by atoms with van der Waals surface area (Å²) in [6.07, 6.45) is 6.42. The second kappa shape index (κ2) is 9.44. The van der Waals surface area contributed by atoms with Gasteiger partial charge in [-0.05, 0) is 71.3 Å². The van der Waals surface area contributed by atoms with Crippen molar-refractivity contribution < 1.29 is 19.4 Å². The van der Waals surface area contributed by atoms with Crippen molar-refractivity contribution >= 4 is 5.97 Å². The molecule has 0 bridgehead atoms. The molecule has 30 heavy (non-hydrogen) atoms. The summed E-state index contributed by atoms with van der Waals surface area (Å²) in [6, 6.07) is 18.0. The van der Waals surface area contributed by atoms with Crippen LogP contribution < -0.4 is 9.47 Å². The molecule has 5 heteroatoms. The van der Waals surface area contributed by atoms with E-state index in [1.807, 2.05) is 54.7 Å². The summed E-state index contributed by atoms with van der Waals surface area (Å²) >= 11 is 0. The van der Waals surface area contributed by atoms with Crippen LogP contribution in [0.3, 0.4) is 0 Å². The maximum Gasteiger partial charge on any atom is 0.303 e. The van der Waals surface area contributed by atoms with Crippen molar-refractivity contribution in [2.24, 2.45) is 0 Å². The first-order valence-electron chi connectivity index (χ1n) is 10.3. The van der Waals surface area contributed by atoms with Gasteiger partial charge < -0.3 is 14.6 Å². The summed E-state index contributed by atoms with van der Waals surface area (Å²) in [5.74, 6) is 1.07. The topological polar surface area (TPSA) is 68.7 Å². The first kappa shape index (κ1) is 20.0. The number of carboxylic acid groups (broad SMARTS) is 1. The first-order valence-corrected chi connectivity index (χ1v) is 10.3. The molecule has 0 saturated carbocycles. The van der Waals surface area contributed by atoms with Crippen LogP contribution >= 0.6 is 0 Å². The highest BCUT2D eigenvalue weighted by molar-refractivity contribution is 5.68. The Morgan fingerprint density at radius 1 is 1.00 bits per heavy atom. The number of aromatic nitrogens is 1. The summed E-state index contributed by atoms with van der Waals surface area (Å²) in [7, 11) is 0. The fraction of sp³-hybridized carbons (Fsp3) is 0.280. The van der Waals surface area contributed by atoms with Gasteiger partial charge in [0, 0.05) is 18.8 Å². The minimum absolute atomic E-state index is 0.129. The summed E-state index contributed by atoms with van der Waals surface area (Å²) in [5.41, 5.74) is 4.56. The molecule has 3 aromatic rings. The third-order valence-electron chi connectivity index (χ3n) is 5.41. The molecule has 4 rings (SSSR count). The zero-order valence-electron chi connectivity index (χ0n) is 16.8. The van der Waals surface area contributed by atoms with Crippen LogP contribution in [0.2, 0.25) is 0 Å². The van der Waals surface area contributed by atoms with E-state index in [0.717, 1.165) is 47.5 Å². The third kappa shape index (κ3) is 4.98. The number of carbonyl (C=O) groups is 1. The molecule has 154 valence electrons. The van der Waals surface area contributed by atoms with Gasteiger partial charge in [0.2, 0.25) is 0 Å². The Labute approximate surface area is 176 Å². The summed E-state index contributed by atoms with van der Waals surface area (Å²) < 4.78 is 11.7. The molecular weight excluding hydrogens is 378 g/mol. The lowest BCUT2D eigenvalue weighted by molar-refractivity contribution is -0.137. The number of ether oxygens (including phenoxy) is 2. The summed E-state index contributed by atoms with van der Waals surface area (Å²) in [4.78, 5) is 15.1. The number of nitrogens with zero attached hydrogens (tertiary/aromatic N) is 1. The van der Waals surface area contributed by atoms with Crippen LogP contribution in [0.25, 0.3) is 11.1 Å². The Hall–Kier alpha value is -3.34. The number of benzene rings is 2. The van der Waals surface area contributed by atoms with E-state index in [9.17, 15) is 4.79 Å². The monoisotopic (exact) mass is 403 g/mol. The van der Waals surface area contributed by atoms with E-state index in [0.29, 0.717) is 13.2 Å². The standard InChI is InChI=1S/C25H25NO4/c27-25(28)16-20-5-4-19-15-23(10-11-24(19)20)30-14-2-13-29-22-8-6-18(7-9-22)21-3-1-12-26-17-21/h1,3,6-12,15,17,20H,2,4-5,13-14,16H2,(H,27,28)/t20-/m0/s1. The number of carboxylic acids is 1. The fourth-order valence-corrected chi connectivity index (χ4v) is 3.91. The van der Waals surface area contributed by atoms with Crippen molar-refractivity contribution in [1.82, 2.24) is 4.98 Å². The van der Waals surface area contributed by atoms with Crippen LogP contribution in [-0.4, -0.2) is 29.3 Å². The lowest BCUT2D eigenvalue weighted by Gasteiger charge is -2.11. The number of hydrogen-bond acceptors (Lipinski definition) is 4. The minimum atomic E-state index is -0.736. The van der Waals surface area contributed by atoms with E-state index in [-0.39, 0.29) is 12.3 Å². The van der Waals surface area contributed by atoms with Gasteiger partial charge in [0.25, 0.3) is 0 Å². The van der Waals surface area contributed by atoms with Crippen LogP contribution in [0, 0.1) is 0 Å². The van der Waals surface area contributed by atoms with Gasteiger partial charge in [0.15, 0.2) is 0 Å². The average Bonchev–Trinajstić information content (AvgIpc) is 3.16. The smallest absolute Gasteiger partial charge is 0.303 e. The molecule has 1 N–H and O–H groups in total. The second-order valence-electron chi connectivity index (χ2n) is 7.51. The molecule has 1 aliphatic rings. The molecule has 1 heterocycles. The number of pyridine rings is 1. The molecule has 2 aromatic carbocycles. The second-order valence-corrected chi connectivity index (χ2v) is 7.51. The van der Waals surface area contributed by atoms with Crippen molar-refractivity contribution in [3.05, 3.63) is 78.1 Å². The van der Waals surface area contributed by atoms with Crippen molar-refractivity contribution in [1.29, 1.82) is 0 Å². The van der Waals surface area contributed by atoms with Crippen molar-refractivity contribution in [2.75, 3.05) is 13.2 Å². The Kier molecular flexibility index (Phi) is 6.28. The molecule has 0 aliphatic heterocycles. The number of hydrogen-bond donors (Lipinski definition) is 1. The quantitative estimate of drug-likeness (QED) is 0.503.